The van der Waals surface area contributed by atoms with Crippen LogP contribution in [0.3, 0.4) is 0 Å². The number of allylic oxidation sites excluding steroid dienone is 1. The van der Waals surface area contributed by atoms with Crippen molar-refractivity contribution >= 4 is 6.47 Å². The second-order valence-corrected chi connectivity index (χ2v) is 1.77. The van der Waals surface area contributed by atoms with Gasteiger partial charge in [0.25, 0.3) is 6.47 Å². The van der Waals surface area contributed by atoms with Gasteiger partial charge in [-0.25, -0.2) is 0 Å². The number of rotatable bonds is 4. The lowest BCUT2D eigenvalue weighted by Crippen LogP contribution is -2.01. The van der Waals surface area contributed by atoms with Gasteiger partial charge in [0.2, 0.25) is 0 Å². The Morgan fingerprint density at radius 3 is 2.78 bits per heavy atom. The van der Waals surface area contributed by atoms with Crippen LogP contribution in [0, 0.1) is 0 Å². The molecule has 0 aromatic carbocycles. The summed E-state index contributed by atoms with van der Waals surface area (Å²) >= 11 is 0. The molecule has 0 heterocycles. The van der Waals surface area contributed by atoms with E-state index in [-0.39, 0.29) is 6.10 Å². The molecule has 9 heavy (non-hydrogen) atoms. The Bertz CT molecular complexity index is 97.1. The lowest BCUT2D eigenvalue weighted by Gasteiger charge is -2.00. The quantitative estimate of drug-likeness (QED) is 0.424. The molecule has 0 aliphatic carbocycles. The largest absolute Gasteiger partial charge is 0.461 e. The van der Waals surface area contributed by atoms with Gasteiger partial charge < -0.3 is 4.74 Å². The molecule has 2 heteroatoms. The van der Waals surface area contributed by atoms with Gasteiger partial charge in [-0.05, 0) is 19.4 Å². The Balaban J connectivity index is 3.35. The number of carbonyl (C=O) groups is 1. The van der Waals surface area contributed by atoms with Crippen molar-refractivity contribution in [3.05, 3.63) is 12.2 Å². The summed E-state index contributed by atoms with van der Waals surface area (Å²) < 4.78 is 4.58. The van der Waals surface area contributed by atoms with E-state index in [4.69, 9.17) is 0 Å². The van der Waals surface area contributed by atoms with Crippen LogP contribution >= 0.6 is 0 Å². The second kappa shape index (κ2) is 5.35. The van der Waals surface area contributed by atoms with E-state index in [0.29, 0.717) is 6.47 Å². The minimum absolute atomic E-state index is 0.0811. The molecule has 52 valence electrons. The lowest BCUT2D eigenvalue weighted by molar-refractivity contribution is -0.130. The van der Waals surface area contributed by atoms with Crippen molar-refractivity contribution in [2.45, 2.75) is 26.4 Å². The van der Waals surface area contributed by atoms with Crippen molar-refractivity contribution in [2.24, 2.45) is 0 Å². The van der Waals surface area contributed by atoms with Gasteiger partial charge in [-0.1, -0.05) is 13.0 Å². The molecule has 0 aromatic heterocycles. The van der Waals surface area contributed by atoms with Gasteiger partial charge in [-0.15, -0.1) is 0 Å². The van der Waals surface area contributed by atoms with Crippen LogP contribution in [0.4, 0.5) is 0 Å². The number of carbonyl (C=O) groups excluding carboxylic acids is 1. The maximum absolute atomic E-state index is 9.72. The molecule has 0 aliphatic heterocycles. The molecule has 0 rings (SSSR count). The molecule has 0 bridgehead atoms. The van der Waals surface area contributed by atoms with Crippen molar-refractivity contribution in [1.29, 1.82) is 0 Å². The standard InChI is InChI=1S/C7H12O2/c1-3-4-5-7(2)9-6-8/h4-7H,3H2,1-2H3/b5-4+. The highest BCUT2D eigenvalue weighted by Gasteiger charge is 1.90. The van der Waals surface area contributed by atoms with Gasteiger partial charge >= 0.3 is 0 Å². The Hall–Kier alpha value is -0.790. The molecule has 0 saturated heterocycles. The molecule has 0 aliphatic rings. The van der Waals surface area contributed by atoms with Gasteiger partial charge in [0, 0.05) is 0 Å². The Morgan fingerprint density at radius 1 is 1.67 bits per heavy atom. The molecular formula is C7H12O2. The first-order valence-corrected chi connectivity index (χ1v) is 3.07. The van der Waals surface area contributed by atoms with Gasteiger partial charge in [0.05, 0.1) is 0 Å². The normalized spacial score (nSPS) is 13.6. The Labute approximate surface area is 55.5 Å². The molecule has 0 fully saturated rings. The van der Waals surface area contributed by atoms with E-state index in [0.717, 1.165) is 6.42 Å². The summed E-state index contributed by atoms with van der Waals surface area (Å²) in [7, 11) is 0. The summed E-state index contributed by atoms with van der Waals surface area (Å²) in [6, 6.07) is 0. The number of hydrogen-bond acceptors (Lipinski definition) is 2. The van der Waals surface area contributed by atoms with Crippen molar-refractivity contribution in [1.82, 2.24) is 0 Å². The first kappa shape index (κ1) is 8.21. The van der Waals surface area contributed by atoms with Crippen molar-refractivity contribution in [2.75, 3.05) is 0 Å². The van der Waals surface area contributed by atoms with E-state index in [2.05, 4.69) is 4.74 Å². The van der Waals surface area contributed by atoms with E-state index in [1.165, 1.54) is 0 Å². The van der Waals surface area contributed by atoms with E-state index >= 15 is 0 Å². The molecular weight excluding hydrogens is 116 g/mol. The average molecular weight is 128 g/mol. The van der Waals surface area contributed by atoms with E-state index < -0.39 is 0 Å². The zero-order valence-electron chi connectivity index (χ0n) is 5.83. The maximum Gasteiger partial charge on any atom is 0.293 e. The second-order valence-electron chi connectivity index (χ2n) is 1.77. The summed E-state index contributed by atoms with van der Waals surface area (Å²) in [6.45, 7) is 4.31. The minimum Gasteiger partial charge on any atom is -0.461 e. The van der Waals surface area contributed by atoms with Gasteiger partial charge in [-0.3, -0.25) is 4.79 Å². The molecule has 2 nitrogen and oxygen atoms in total. The first-order chi connectivity index (χ1) is 4.31. The van der Waals surface area contributed by atoms with E-state index in [1.54, 1.807) is 0 Å². The Kier molecular flexibility index (Phi) is 4.88. The summed E-state index contributed by atoms with van der Waals surface area (Å²) in [5.41, 5.74) is 0. The number of ether oxygens (including phenoxy) is 1. The van der Waals surface area contributed by atoms with E-state index in [9.17, 15) is 4.79 Å². The maximum atomic E-state index is 9.72. The first-order valence-electron chi connectivity index (χ1n) is 3.07. The highest BCUT2D eigenvalue weighted by atomic mass is 16.5. The third-order valence-electron chi connectivity index (χ3n) is 0.913. The molecule has 0 N–H and O–H groups in total. The average Bonchev–Trinajstić information content (AvgIpc) is 1.85. The summed E-state index contributed by atoms with van der Waals surface area (Å²) in [5, 5.41) is 0. The van der Waals surface area contributed by atoms with Crippen molar-refractivity contribution in [3.8, 4) is 0 Å². The van der Waals surface area contributed by atoms with Crippen LogP contribution in [0.25, 0.3) is 0 Å². The monoisotopic (exact) mass is 128 g/mol. The van der Waals surface area contributed by atoms with Gasteiger partial charge in [-0.2, -0.15) is 0 Å². The zero-order chi connectivity index (χ0) is 7.11. The minimum atomic E-state index is -0.0811. The predicted octanol–water partition coefficient (Wildman–Crippen LogP) is 1.51. The topological polar surface area (TPSA) is 26.3 Å². The van der Waals surface area contributed by atoms with Crippen LogP contribution < -0.4 is 0 Å². The molecule has 0 aromatic rings. The molecule has 0 radical (unpaired) electrons. The van der Waals surface area contributed by atoms with Crippen LogP contribution in [0.15, 0.2) is 12.2 Å². The Morgan fingerprint density at radius 2 is 2.33 bits per heavy atom. The highest BCUT2D eigenvalue weighted by Crippen LogP contribution is 1.90. The summed E-state index contributed by atoms with van der Waals surface area (Å²) in [5.74, 6) is 0. The van der Waals surface area contributed by atoms with Gasteiger partial charge in [0.15, 0.2) is 0 Å². The third kappa shape index (κ3) is 5.07. The fourth-order valence-electron chi connectivity index (χ4n) is 0.461. The molecule has 0 saturated carbocycles. The van der Waals surface area contributed by atoms with E-state index in [1.807, 2.05) is 26.0 Å². The van der Waals surface area contributed by atoms with Crippen LogP contribution in [-0.4, -0.2) is 12.6 Å². The highest BCUT2D eigenvalue weighted by molar-refractivity contribution is 5.37. The molecule has 1 atom stereocenters. The molecule has 1 unspecified atom stereocenters. The van der Waals surface area contributed by atoms with Crippen LogP contribution in [0.5, 0.6) is 0 Å². The smallest absolute Gasteiger partial charge is 0.293 e. The van der Waals surface area contributed by atoms with Crippen LogP contribution in [0.2, 0.25) is 0 Å². The van der Waals surface area contributed by atoms with Gasteiger partial charge in [0.1, 0.15) is 6.10 Å². The van der Waals surface area contributed by atoms with Crippen molar-refractivity contribution in [3.63, 3.8) is 0 Å². The van der Waals surface area contributed by atoms with Crippen LogP contribution in [-0.2, 0) is 9.53 Å². The van der Waals surface area contributed by atoms with Crippen molar-refractivity contribution < 1.29 is 9.53 Å². The molecule has 0 amide bonds. The van der Waals surface area contributed by atoms with Crippen LogP contribution in [0.1, 0.15) is 20.3 Å². The summed E-state index contributed by atoms with van der Waals surface area (Å²) in [6.07, 6.45) is 4.72. The predicted molar refractivity (Wildman–Crippen MR) is 36.0 cm³/mol. The zero-order valence-corrected chi connectivity index (χ0v) is 5.83. The third-order valence-corrected chi connectivity index (χ3v) is 0.913. The number of hydrogen-bond donors (Lipinski definition) is 0. The fourth-order valence-corrected chi connectivity index (χ4v) is 0.461. The summed E-state index contributed by atoms with van der Waals surface area (Å²) in [4.78, 5) is 9.72. The SMILES string of the molecule is CC/C=C/C(C)OC=O. The lowest BCUT2D eigenvalue weighted by atomic mass is 10.3. The fraction of sp³-hybridized carbons (Fsp3) is 0.571. The molecule has 0 spiro atoms.